The Balaban J connectivity index is 1.34. The van der Waals surface area contributed by atoms with E-state index in [9.17, 15) is 0 Å². The molecule has 2 unspecified atom stereocenters. The molecule has 0 amide bonds. The van der Waals surface area contributed by atoms with Gasteiger partial charge in [-0.25, -0.2) is 0 Å². The molecule has 3 aliphatic rings. The smallest absolute Gasteiger partial charge is 0.134 e. The first kappa shape index (κ1) is 18.7. The molecule has 1 aromatic heterocycles. The van der Waals surface area contributed by atoms with Crippen LogP contribution in [0.3, 0.4) is 0 Å². The number of furan rings is 1. The molecule has 0 spiro atoms. The van der Waals surface area contributed by atoms with Gasteiger partial charge in [0.05, 0.1) is 6.54 Å². The highest BCUT2D eigenvalue weighted by molar-refractivity contribution is 6.30. The van der Waals surface area contributed by atoms with Gasteiger partial charge in [-0.1, -0.05) is 30.9 Å². The predicted octanol–water partition coefficient (Wildman–Crippen LogP) is 5.83. The summed E-state index contributed by atoms with van der Waals surface area (Å²) < 4.78 is 6.26. The van der Waals surface area contributed by atoms with E-state index in [0.29, 0.717) is 6.04 Å². The Hall–Kier alpha value is -1.29. The predicted molar refractivity (Wildman–Crippen MR) is 115 cm³/mol. The van der Waals surface area contributed by atoms with Gasteiger partial charge in [0.25, 0.3) is 0 Å². The van der Waals surface area contributed by atoms with Crippen molar-refractivity contribution in [2.75, 3.05) is 19.6 Å². The van der Waals surface area contributed by atoms with E-state index >= 15 is 0 Å². The Kier molecular flexibility index (Phi) is 5.49. The first-order chi connectivity index (χ1) is 13.8. The first-order valence-electron chi connectivity index (χ1n) is 11.1. The summed E-state index contributed by atoms with van der Waals surface area (Å²) in [5.74, 6) is 2.91. The second-order valence-corrected chi connectivity index (χ2v) is 9.31. The third-order valence-corrected chi connectivity index (χ3v) is 7.44. The molecule has 2 atom stereocenters. The second-order valence-electron chi connectivity index (χ2n) is 8.88. The van der Waals surface area contributed by atoms with Gasteiger partial charge in [0, 0.05) is 35.8 Å². The van der Waals surface area contributed by atoms with Gasteiger partial charge in [-0.2, -0.15) is 0 Å². The minimum absolute atomic E-state index is 0.709. The van der Waals surface area contributed by atoms with Crippen LogP contribution in [-0.2, 0) is 6.54 Å². The van der Waals surface area contributed by atoms with E-state index in [2.05, 4.69) is 21.9 Å². The highest BCUT2D eigenvalue weighted by atomic mass is 35.5. The summed E-state index contributed by atoms with van der Waals surface area (Å²) in [4.78, 5) is 5.53. The molecule has 0 N–H and O–H groups in total. The van der Waals surface area contributed by atoms with Crippen LogP contribution in [0.5, 0.6) is 0 Å². The van der Waals surface area contributed by atoms with Gasteiger partial charge in [-0.3, -0.25) is 9.80 Å². The zero-order chi connectivity index (χ0) is 18.9. The zero-order valence-electron chi connectivity index (χ0n) is 16.7. The Labute approximate surface area is 173 Å². The van der Waals surface area contributed by atoms with Crippen LogP contribution in [-0.4, -0.2) is 41.5 Å². The summed E-state index contributed by atoms with van der Waals surface area (Å²) in [5, 5.41) is 0.764. The minimum Gasteiger partial charge on any atom is -0.460 e. The minimum atomic E-state index is 0.709. The van der Waals surface area contributed by atoms with Crippen molar-refractivity contribution >= 4 is 11.6 Å². The van der Waals surface area contributed by atoms with E-state index in [-0.39, 0.29) is 0 Å². The number of halogens is 1. The van der Waals surface area contributed by atoms with Gasteiger partial charge >= 0.3 is 0 Å². The van der Waals surface area contributed by atoms with Gasteiger partial charge in [0.2, 0.25) is 0 Å². The molecule has 2 aromatic rings. The molecule has 3 heterocycles. The summed E-state index contributed by atoms with van der Waals surface area (Å²) in [6.45, 7) is 4.65. The lowest BCUT2D eigenvalue weighted by atomic mass is 9.78. The van der Waals surface area contributed by atoms with Crippen LogP contribution in [0.4, 0.5) is 0 Å². The Morgan fingerprint density at radius 3 is 2.50 bits per heavy atom. The van der Waals surface area contributed by atoms with Crippen LogP contribution in [0.15, 0.2) is 40.8 Å². The molecule has 3 fully saturated rings. The van der Waals surface area contributed by atoms with Crippen molar-refractivity contribution in [1.82, 2.24) is 9.80 Å². The molecule has 2 saturated heterocycles. The van der Waals surface area contributed by atoms with Crippen molar-refractivity contribution in [3.63, 3.8) is 0 Å². The van der Waals surface area contributed by atoms with E-state index in [1.54, 1.807) is 0 Å². The van der Waals surface area contributed by atoms with Crippen molar-refractivity contribution < 1.29 is 4.42 Å². The quantitative estimate of drug-likeness (QED) is 0.646. The number of rotatable bonds is 4. The molecule has 1 aliphatic carbocycles. The number of benzene rings is 1. The number of piperazine rings is 1. The summed E-state index contributed by atoms with van der Waals surface area (Å²) in [6.07, 6.45) is 9.86. The molecule has 3 nitrogen and oxygen atoms in total. The molecule has 1 aromatic carbocycles. The molecule has 150 valence electrons. The number of fused-ring (bicyclic) bond motifs is 1. The van der Waals surface area contributed by atoms with Crippen LogP contribution in [0.1, 0.15) is 50.7 Å². The molecular weight excluding hydrogens is 368 g/mol. The van der Waals surface area contributed by atoms with Crippen molar-refractivity contribution in [3.8, 4) is 11.3 Å². The lowest BCUT2D eigenvalue weighted by molar-refractivity contribution is -0.00696. The van der Waals surface area contributed by atoms with Gasteiger partial charge in [-0.15, -0.1) is 0 Å². The fourth-order valence-corrected chi connectivity index (χ4v) is 6.00. The van der Waals surface area contributed by atoms with Crippen LogP contribution < -0.4 is 0 Å². The topological polar surface area (TPSA) is 19.6 Å². The maximum Gasteiger partial charge on any atom is 0.134 e. The lowest BCUT2D eigenvalue weighted by Gasteiger charge is -2.49. The number of hydrogen-bond donors (Lipinski definition) is 0. The van der Waals surface area contributed by atoms with Crippen LogP contribution in [0, 0.1) is 5.92 Å². The second kappa shape index (κ2) is 8.22. The average Bonchev–Trinajstić information content (AvgIpc) is 3.39. The van der Waals surface area contributed by atoms with Gasteiger partial charge in [0.15, 0.2) is 0 Å². The fourth-order valence-electron chi connectivity index (χ4n) is 5.87. The third-order valence-electron chi connectivity index (χ3n) is 7.19. The molecule has 4 heteroatoms. The molecule has 0 radical (unpaired) electrons. The Morgan fingerprint density at radius 1 is 0.857 bits per heavy atom. The highest BCUT2D eigenvalue weighted by Gasteiger charge is 2.43. The van der Waals surface area contributed by atoms with E-state index < -0.39 is 0 Å². The summed E-state index contributed by atoms with van der Waals surface area (Å²) in [5.41, 5.74) is 1.10. The van der Waals surface area contributed by atoms with Crippen molar-refractivity contribution in [2.45, 2.75) is 63.6 Å². The van der Waals surface area contributed by atoms with Crippen molar-refractivity contribution in [1.29, 1.82) is 0 Å². The standard InChI is InChI=1S/C24H31ClN2O/c25-20-10-8-18(9-11-20)23-13-12-21(28-23)17-27-16-15-26-14-4-7-22(26)24(27)19-5-2-1-3-6-19/h8-13,19,22,24H,1-7,14-17H2. The molecule has 5 rings (SSSR count). The van der Waals surface area contributed by atoms with Crippen LogP contribution in [0.25, 0.3) is 11.3 Å². The van der Waals surface area contributed by atoms with Gasteiger partial charge in [-0.05, 0) is 74.5 Å². The maximum absolute atomic E-state index is 6.26. The third kappa shape index (κ3) is 3.77. The van der Waals surface area contributed by atoms with Crippen molar-refractivity contribution in [2.24, 2.45) is 5.92 Å². The summed E-state index contributed by atoms with van der Waals surface area (Å²) in [6, 6.07) is 13.7. The van der Waals surface area contributed by atoms with E-state index in [1.807, 2.05) is 24.3 Å². The largest absolute Gasteiger partial charge is 0.460 e. The van der Waals surface area contributed by atoms with Crippen molar-refractivity contribution in [3.05, 3.63) is 47.2 Å². The number of hydrogen-bond acceptors (Lipinski definition) is 3. The number of nitrogens with zero attached hydrogens (tertiary/aromatic N) is 2. The monoisotopic (exact) mass is 398 g/mol. The summed E-state index contributed by atoms with van der Waals surface area (Å²) in [7, 11) is 0. The lowest BCUT2D eigenvalue weighted by Crippen LogP contribution is -2.59. The molecule has 0 bridgehead atoms. The molecule has 2 aliphatic heterocycles. The fraction of sp³-hybridized carbons (Fsp3) is 0.583. The Bertz CT molecular complexity index is 780. The Morgan fingerprint density at radius 2 is 1.68 bits per heavy atom. The first-order valence-corrected chi connectivity index (χ1v) is 11.5. The maximum atomic E-state index is 6.26. The zero-order valence-corrected chi connectivity index (χ0v) is 17.4. The normalized spacial score (nSPS) is 27.2. The van der Waals surface area contributed by atoms with Gasteiger partial charge in [0.1, 0.15) is 11.5 Å². The van der Waals surface area contributed by atoms with E-state index in [4.69, 9.17) is 16.0 Å². The van der Waals surface area contributed by atoms with Gasteiger partial charge < -0.3 is 4.42 Å². The van der Waals surface area contributed by atoms with Crippen LogP contribution >= 0.6 is 11.6 Å². The van der Waals surface area contributed by atoms with E-state index in [0.717, 1.165) is 40.6 Å². The highest BCUT2D eigenvalue weighted by Crippen LogP contribution is 2.38. The average molecular weight is 399 g/mol. The molecule has 28 heavy (non-hydrogen) atoms. The molecule has 1 saturated carbocycles. The molecular formula is C24H31ClN2O. The van der Waals surface area contributed by atoms with E-state index in [1.165, 1.54) is 64.6 Å². The summed E-state index contributed by atoms with van der Waals surface area (Å²) >= 11 is 6.03. The van der Waals surface area contributed by atoms with Crippen LogP contribution in [0.2, 0.25) is 5.02 Å². The SMILES string of the molecule is Clc1ccc(-c2ccc(CN3CCN4CCCC4C3C3CCCCC3)o2)cc1.